The number of ether oxygens (including phenoxy) is 1. The predicted molar refractivity (Wildman–Crippen MR) is 61.9 cm³/mol. The Balaban J connectivity index is 2.03. The molecule has 15 heavy (non-hydrogen) atoms. The van der Waals surface area contributed by atoms with Gasteiger partial charge in [-0.05, 0) is 11.8 Å². The van der Waals surface area contributed by atoms with Crippen molar-refractivity contribution in [3.05, 3.63) is 0 Å². The van der Waals surface area contributed by atoms with Crippen LogP contribution in [-0.4, -0.2) is 48.5 Å². The van der Waals surface area contributed by atoms with Crippen molar-refractivity contribution in [2.45, 2.75) is 33.3 Å². The molecule has 1 N–H and O–H groups in total. The summed E-state index contributed by atoms with van der Waals surface area (Å²) in [6, 6.07) is 0. The van der Waals surface area contributed by atoms with Gasteiger partial charge in [0.2, 0.25) is 0 Å². The van der Waals surface area contributed by atoms with E-state index in [4.69, 9.17) is 4.74 Å². The van der Waals surface area contributed by atoms with Crippen LogP contribution in [0.4, 0.5) is 0 Å². The summed E-state index contributed by atoms with van der Waals surface area (Å²) in [6.07, 6.45) is 0. The molecule has 0 atom stereocenters. The zero-order valence-electron chi connectivity index (χ0n) is 10.5. The lowest BCUT2D eigenvalue weighted by atomic mass is 9.83. The fraction of sp³-hybridized carbons (Fsp3) is 1.00. The Morgan fingerprint density at radius 2 is 1.87 bits per heavy atom. The Morgan fingerprint density at radius 1 is 1.27 bits per heavy atom. The van der Waals surface area contributed by atoms with E-state index in [-0.39, 0.29) is 0 Å². The van der Waals surface area contributed by atoms with E-state index >= 15 is 0 Å². The fourth-order valence-electron chi connectivity index (χ4n) is 1.76. The maximum Gasteiger partial charge on any atom is 0.0922 e. The summed E-state index contributed by atoms with van der Waals surface area (Å²) in [5.74, 6) is 0.958. The third-order valence-corrected chi connectivity index (χ3v) is 3.07. The van der Waals surface area contributed by atoms with Crippen LogP contribution in [0.2, 0.25) is 0 Å². The molecule has 1 saturated heterocycles. The highest BCUT2D eigenvalue weighted by atomic mass is 16.5. The molecule has 1 aliphatic heterocycles. The summed E-state index contributed by atoms with van der Waals surface area (Å²) in [5, 5.41) is 10.0. The largest absolute Gasteiger partial charge is 0.387 e. The normalized spacial score (nSPS) is 21.0. The second-order valence-corrected chi connectivity index (χ2v) is 5.44. The molecule has 0 bridgehead atoms. The molecule has 0 spiro atoms. The summed E-state index contributed by atoms with van der Waals surface area (Å²) in [6.45, 7) is 12.6. The molecule has 3 nitrogen and oxygen atoms in total. The van der Waals surface area contributed by atoms with E-state index in [0.29, 0.717) is 11.8 Å². The highest BCUT2D eigenvalue weighted by molar-refractivity contribution is 4.97. The van der Waals surface area contributed by atoms with Crippen LogP contribution >= 0.6 is 0 Å². The Bertz CT molecular complexity index is 186. The quantitative estimate of drug-likeness (QED) is 0.679. The van der Waals surface area contributed by atoms with Gasteiger partial charge in [0.15, 0.2) is 0 Å². The van der Waals surface area contributed by atoms with Gasteiger partial charge in [-0.2, -0.15) is 0 Å². The first-order chi connectivity index (χ1) is 6.94. The number of hydrogen-bond donors (Lipinski definition) is 1. The summed E-state index contributed by atoms with van der Waals surface area (Å²) >= 11 is 0. The fourth-order valence-corrected chi connectivity index (χ4v) is 1.76. The average Bonchev–Trinajstić information content (AvgIpc) is 2.07. The van der Waals surface area contributed by atoms with Crippen LogP contribution in [0.15, 0.2) is 0 Å². The lowest BCUT2D eigenvalue weighted by Crippen LogP contribution is -2.64. The Kier molecular flexibility index (Phi) is 4.56. The molecule has 1 fully saturated rings. The van der Waals surface area contributed by atoms with E-state index in [1.54, 1.807) is 0 Å². The smallest absolute Gasteiger partial charge is 0.0922 e. The first-order valence-corrected chi connectivity index (χ1v) is 5.96. The molecule has 90 valence electrons. The molecule has 1 aliphatic rings. The minimum Gasteiger partial charge on any atom is -0.387 e. The first kappa shape index (κ1) is 12.9. The number of nitrogens with zero attached hydrogens (tertiary/aromatic N) is 1. The van der Waals surface area contributed by atoms with Crippen LogP contribution in [0, 0.1) is 11.8 Å². The van der Waals surface area contributed by atoms with Gasteiger partial charge in [0.25, 0.3) is 0 Å². The molecular weight excluding hydrogens is 190 g/mol. The lowest BCUT2D eigenvalue weighted by molar-refractivity contribution is -0.132. The zero-order valence-corrected chi connectivity index (χ0v) is 10.5. The highest BCUT2D eigenvalue weighted by Gasteiger charge is 2.42. The van der Waals surface area contributed by atoms with Crippen molar-refractivity contribution in [3.63, 3.8) is 0 Å². The van der Waals surface area contributed by atoms with Crippen molar-refractivity contribution in [3.8, 4) is 0 Å². The van der Waals surface area contributed by atoms with Gasteiger partial charge in [-0.25, -0.2) is 0 Å². The number of rotatable bonds is 6. The van der Waals surface area contributed by atoms with Gasteiger partial charge in [-0.3, -0.25) is 4.90 Å². The average molecular weight is 215 g/mol. The van der Waals surface area contributed by atoms with E-state index in [9.17, 15) is 5.11 Å². The third kappa shape index (κ3) is 3.74. The van der Waals surface area contributed by atoms with Crippen molar-refractivity contribution in [2.24, 2.45) is 11.8 Å². The van der Waals surface area contributed by atoms with Crippen molar-refractivity contribution in [2.75, 3.05) is 32.8 Å². The summed E-state index contributed by atoms with van der Waals surface area (Å²) < 4.78 is 5.51. The van der Waals surface area contributed by atoms with E-state index in [0.717, 1.165) is 32.8 Å². The standard InChI is InChI=1S/C12H25NO2/c1-10(2)7-15-6-5-13-8-12(14,9-13)11(3)4/h10-11,14H,5-9H2,1-4H3. The monoisotopic (exact) mass is 215 g/mol. The molecule has 0 unspecified atom stereocenters. The van der Waals surface area contributed by atoms with Gasteiger partial charge in [0.05, 0.1) is 12.2 Å². The van der Waals surface area contributed by atoms with Gasteiger partial charge < -0.3 is 9.84 Å². The van der Waals surface area contributed by atoms with Crippen LogP contribution < -0.4 is 0 Å². The molecule has 0 aromatic heterocycles. The maximum atomic E-state index is 10.0. The van der Waals surface area contributed by atoms with E-state index < -0.39 is 5.60 Å². The highest BCUT2D eigenvalue weighted by Crippen LogP contribution is 2.27. The van der Waals surface area contributed by atoms with E-state index in [1.807, 2.05) is 0 Å². The number of aliphatic hydroxyl groups is 1. The molecule has 0 amide bonds. The lowest BCUT2D eigenvalue weighted by Gasteiger charge is -2.49. The molecule has 0 aromatic rings. The van der Waals surface area contributed by atoms with E-state index in [1.165, 1.54) is 0 Å². The Hall–Kier alpha value is -0.120. The first-order valence-electron chi connectivity index (χ1n) is 5.96. The third-order valence-electron chi connectivity index (χ3n) is 3.07. The summed E-state index contributed by atoms with van der Waals surface area (Å²) in [4.78, 5) is 2.25. The van der Waals surface area contributed by atoms with Gasteiger partial charge in [0, 0.05) is 26.2 Å². The Labute approximate surface area is 93.4 Å². The summed E-state index contributed by atoms with van der Waals surface area (Å²) in [7, 11) is 0. The van der Waals surface area contributed by atoms with Crippen molar-refractivity contribution < 1.29 is 9.84 Å². The van der Waals surface area contributed by atoms with Crippen LogP contribution in [-0.2, 0) is 4.74 Å². The van der Waals surface area contributed by atoms with Gasteiger partial charge in [-0.15, -0.1) is 0 Å². The molecule has 0 radical (unpaired) electrons. The second-order valence-electron chi connectivity index (χ2n) is 5.44. The van der Waals surface area contributed by atoms with Gasteiger partial charge in [-0.1, -0.05) is 27.7 Å². The summed E-state index contributed by atoms with van der Waals surface area (Å²) in [5.41, 5.74) is -0.446. The molecule has 0 saturated carbocycles. The topological polar surface area (TPSA) is 32.7 Å². The maximum absolute atomic E-state index is 10.0. The number of hydrogen-bond acceptors (Lipinski definition) is 3. The molecule has 0 aliphatic carbocycles. The molecule has 0 aromatic carbocycles. The van der Waals surface area contributed by atoms with E-state index in [2.05, 4.69) is 32.6 Å². The number of β-amino-alcohol motifs (C(OH)–C–C–N with tert-alkyl or cyclic N) is 1. The molecular formula is C12H25NO2. The molecule has 1 rings (SSSR count). The van der Waals surface area contributed by atoms with Crippen molar-refractivity contribution in [1.82, 2.24) is 4.90 Å². The molecule has 3 heteroatoms. The van der Waals surface area contributed by atoms with Crippen molar-refractivity contribution in [1.29, 1.82) is 0 Å². The predicted octanol–water partition coefficient (Wildman–Crippen LogP) is 1.36. The minimum absolute atomic E-state index is 0.352. The van der Waals surface area contributed by atoms with Crippen LogP contribution in [0.5, 0.6) is 0 Å². The second kappa shape index (κ2) is 5.28. The van der Waals surface area contributed by atoms with Gasteiger partial charge in [0.1, 0.15) is 0 Å². The minimum atomic E-state index is -0.446. The SMILES string of the molecule is CC(C)COCCN1CC(O)(C(C)C)C1. The van der Waals surface area contributed by atoms with Crippen LogP contribution in [0.3, 0.4) is 0 Å². The molecule has 1 heterocycles. The van der Waals surface area contributed by atoms with Crippen molar-refractivity contribution >= 4 is 0 Å². The Morgan fingerprint density at radius 3 is 2.33 bits per heavy atom. The zero-order chi connectivity index (χ0) is 11.5. The van der Waals surface area contributed by atoms with Crippen LogP contribution in [0.1, 0.15) is 27.7 Å². The van der Waals surface area contributed by atoms with Gasteiger partial charge >= 0.3 is 0 Å². The number of likely N-dealkylation sites (tertiary alicyclic amines) is 1. The van der Waals surface area contributed by atoms with Crippen LogP contribution in [0.25, 0.3) is 0 Å².